The lowest BCUT2D eigenvalue weighted by Gasteiger charge is -2.10. The molecule has 3 N–H and O–H groups in total. The third-order valence-corrected chi connectivity index (χ3v) is 3.08. The molecule has 0 spiro atoms. The molecule has 3 amide bonds. The van der Waals surface area contributed by atoms with Crippen LogP contribution in [0.3, 0.4) is 0 Å². The van der Waals surface area contributed by atoms with Crippen molar-refractivity contribution in [3.8, 4) is 5.69 Å². The summed E-state index contributed by atoms with van der Waals surface area (Å²) in [4.78, 5) is 23.1. The number of hydrogen-bond acceptors (Lipinski definition) is 4. The molecular formula is C16H20FN5O2. The molecule has 0 aliphatic rings. The largest absolute Gasteiger partial charge is 0.376 e. The van der Waals surface area contributed by atoms with E-state index in [-0.39, 0.29) is 6.54 Å². The first-order chi connectivity index (χ1) is 11.5. The minimum atomic E-state index is -0.546. The van der Waals surface area contributed by atoms with Crippen LogP contribution in [0.15, 0.2) is 36.7 Å². The molecule has 1 aromatic carbocycles. The van der Waals surface area contributed by atoms with Crippen LogP contribution in [0.25, 0.3) is 5.69 Å². The number of aromatic nitrogens is 2. The number of anilines is 1. The van der Waals surface area contributed by atoms with E-state index in [9.17, 15) is 14.0 Å². The molecule has 128 valence electrons. The molecule has 8 heteroatoms. The molecule has 0 saturated carbocycles. The Morgan fingerprint density at radius 3 is 2.75 bits per heavy atom. The van der Waals surface area contributed by atoms with Crippen LogP contribution in [0.4, 0.5) is 14.9 Å². The third-order valence-electron chi connectivity index (χ3n) is 3.08. The molecule has 0 aliphatic carbocycles. The van der Waals surface area contributed by atoms with Crippen molar-refractivity contribution < 1.29 is 14.0 Å². The zero-order valence-electron chi connectivity index (χ0n) is 13.5. The average Bonchev–Trinajstić information content (AvgIpc) is 3.05. The standard InChI is InChI=1S/C16H20FN5O2/c1-11(2)9-19-16(24)21-15(23)10-18-12-4-5-14(13(17)8-12)22-7-3-6-20-22/h3-8,11,18H,9-10H2,1-2H3,(H2,19,21,23,24). The van der Waals surface area contributed by atoms with Crippen molar-refractivity contribution in [3.05, 3.63) is 42.5 Å². The summed E-state index contributed by atoms with van der Waals surface area (Å²) >= 11 is 0. The molecule has 24 heavy (non-hydrogen) atoms. The average molecular weight is 333 g/mol. The van der Waals surface area contributed by atoms with E-state index < -0.39 is 17.8 Å². The summed E-state index contributed by atoms with van der Waals surface area (Å²) in [5.74, 6) is -0.688. The normalized spacial score (nSPS) is 10.5. The van der Waals surface area contributed by atoms with E-state index in [1.807, 2.05) is 13.8 Å². The SMILES string of the molecule is CC(C)CNC(=O)NC(=O)CNc1ccc(-n2cccn2)c(F)c1. The Labute approximate surface area is 139 Å². The van der Waals surface area contributed by atoms with Gasteiger partial charge >= 0.3 is 6.03 Å². The second-order valence-corrected chi connectivity index (χ2v) is 5.62. The topological polar surface area (TPSA) is 88.0 Å². The number of halogens is 1. The van der Waals surface area contributed by atoms with Crippen molar-refractivity contribution in [2.45, 2.75) is 13.8 Å². The Balaban J connectivity index is 1.85. The minimum Gasteiger partial charge on any atom is -0.376 e. The van der Waals surface area contributed by atoms with Gasteiger partial charge in [0.25, 0.3) is 0 Å². The van der Waals surface area contributed by atoms with Gasteiger partial charge in [0.15, 0.2) is 5.82 Å². The van der Waals surface area contributed by atoms with Crippen LogP contribution in [0.2, 0.25) is 0 Å². The molecule has 0 saturated heterocycles. The van der Waals surface area contributed by atoms with Crippen LogP contribution in [0.5, 0.6) is 0 Å². The van der Waals surface area contributed by atoms with Crippen LogP contribution < -0.4 is 16.0 Å². The summed E-state index contributed by atoms with van der Waals surface area (Å²) in [6.45, 7) is 4.23. The molecule has 0 radical (unpaired) electrons. The first-order valence-electron chi connectivity index (χ1n) is 7.57. The molecule has 2 aromatic rings. The van der Waals surface area contributed by atoms with Gasteiger partial charge in [-0.3, -0.25) is 10.1 Å². The van der Waals surface area contributed by atoms with Crippen molar-refractivity contribution in [2.24, 2.45) is 5.92 Å². The van der Waals surface area contributed by atoms with Crippen LogP contribution in [0.1, 0.15) is 13.8 Å². The van der Waals surface area contributed by atoms with E-state index in [0.717, 1.165) is 0 Å². The number of hydrogen-bond donors (Lipinski definition) is 3. The highest BCUT2D eigenvalue weighted by Crippen LogP contribution is 2.17. The number of carbonyl (C=O) groups is 2. The summed E-state index contributed by atoms with van der Waals surface area (Å²) < 4.78 is 15.5. The fourth-order valence-electron chi connectivity index (χ4n) is 1.91. The van der Waals surface area contributed by atoms with E-state index in [0.29, 0.717) is 23.8 Å². The van der Waals surface area contributed by atoms with Gasteiger partial charge in [0, 0.05) is 24.6 Å². The molecule has 1 heterocycles. The lowest BCUT2D eigenvalue weighted by molar-refractivity contribution is -0.118. The van der Waals surface area contributed by atoms with Crippen molar-refractivity contribution in [2.75, 3.05) is 18.4 Å². The Bertz CT molecular complexity index is 700. The second-order valence-electron chi connectivity index (χ2n) is 5.62. The maximum absolute atomic E-state index is 14.1. The molecular weight excluding hydrogens is 313 g/mol. The van der Waals surface area contributed by atoms with Crippen LogP contribution >= 0.6 is 0 Å². The first-order valence-corrected chi connectivity index (χ1v) is 7.57. The number of nitrogens with zero attached hydrogens (tertiary/aromatic N) is 2. The molecule has 1 aromatic heterocycles. The van der Waals surface area contributed by atoms with Crippen molar-refractivity contribution in [1.82, 2.24) is 20.4 Å². The molecule has 7 nitrogen and oxygen atoms in total. The van der Waals surface area contributed by atoms with E-state index in [1.165, 1.54) is 10.7 Å². The summed E-state index contributed by atoms with van der Waals surface area (Å²) in [6, 6.07) is 5.60. The molecule has 0 unspecified atom stereocenters. The fraction of sp³-hybridized carbons (Fsp3) is 0.312. The minimum absolute atomic E-state index is 0.143. The van der Waals surface area contributed by atoms with Crippen molar-refractivity contribution in [1.29, 1.82) is 0 Å². The smallest absolute Gasteiger partial charge is 0.321 e. The van der Waals surface area contributed by atoms with E-state index in [1.54, 1.807) is 30.6 Å². The summed E-state index contributed by atoms with van der Waals surface area (Å²) in [6.07, 6.45) is 3.19. The van der Waals surface area contributed by atoms with Gasteiger partial charge in [0.2, 0.25) is 5.91 Å². The van der Waals surface area contributed by atoms with Crippen LogP contribution in [-0.2, 0) is 4.79 Å². The Morgan fingerprint density at radius 1 is 1.33 bits per heavy atom. The highest BCUT2D eigenvalue weighted by Gasteiger charge is 2.09. The van der Waals surface area contributed by atoms with Gasteiger partial charge in [0.1, 0.15) is 5.69 Å². The van der Waals surface area contributed by atoms with Gasteiger partial charge in [-0.25, -0.2) is 13.9 Å². The number of benzene rings is 1. The fourth-order valence-corrected chi connectivity index (χ4v) is 1.91. The zero-order chi connectivity index (χ0) is 17.5. The van der Waals surface area contributed by atoms with Gasteiger partial charge in [-0.05, 0) is 30.2 Å². The quantitative estimate of drug-likeness (QED) is 0.753. The van der Waals surface area contributed by atoms with Crippen molar-refractivity contribution in [3.63, 3.8) is 0 Å². The summed E-state index contributed by atoms with van der Waals surface area (Å²) in [5, 5.41) is 11.5. The number of urea groups is 1. The monoisotopic (exact) mass is 333 g/mol. The second kappa shape index (κ2) is 8.09. The van der Waals surface area contributed by atoms with Crippen LogP contribution in [0, 0.1) is 11.7 Å². The molecule has 0 bridgehead atoms. The van der Waals surface area contributed by atoms with Gasteiger partial charge in [-0.1, -0.05) is 13.8 Å². The van der Waals surface area contributed by atoms with E-state index in [4.69, 9.17) is 0 Å². The Hall–Kier alpha value is -2.90. The van der Waals surface area contributed by atoms with Gasteiger partial charge in [0.05, 0.1) is 6.54 Å². The number of amides is 3. The number of rotatable bonds is 6. The molecule has 0 aliphatic heterocycles. The van der Waals surface area contributed by atoms with Gasteiger partial charge in [-0.2, -0.15) is 5.10 Å². The van der Waals surface area contributed by atoms with Gasteiger partial charge < -0.3 is 10.6 Å². The van der Waals surface area contributed by atoms with E-state index >= 15 is 0 Å². The van der Waals surface area contributed by atoms with Crippen LogP contribution in [-0.4, -0.2) is 34.8 Å². The first kappa shape index (κ1) is 17.5. The predicted octanol–water partition coefficient (Wildman–Crippen LogP) is 1.91. The zero-order valence-corrected chi connectivity index (χ0v) is 13.5. The van der Waals surface area contributed by atoms with Crippen molar-refractivity contribution >= 4 is 17.6 Å². The van der Waals surface area contributed by atoms with E-state index in [2.05, 4.69) is 21.0 Å². The Kier molecular flexibility index (Phi) is 5.89. The number of imide groups is 1. The highest BCUT2D eigenvalue weighted by atomic mass is 19.1. The lowest BCUT2D eigenvalue weighted by Crippen LogP contribution is -2.43. The highest BCUT2D eigenvalue weighted by molar-refractivity contribution is 5.96. The summed E-state index contributed by atoms with van der Waals surface area (Å²) in [7, 11) is 0. The molecule has 0 atom stereocenters. The molecule has 0 fully saturated rings. The predicted molar refractivity (Wildman–Crippen MR) is 88.4 cm³/mol. The number of carbonyl (C=O) groups excluding carboxylic acids is 2. The maximum Gasteiger partial charge on any atom is 0.321 e. The number of nitrogens with one attached hydrogen (secondary N) is 3. The Morgan fingerprint density at radius 2 is 2.12 bits per heavy atom. The molecule has 2 rings (SSSR count). The maximum atomic E-state index is 14.1. The third kappa shape index (κ3) is 5.08. The van der Waals surface area contributed by atoms with Gasteiger partial charge in [-0.15, -0.1) is 0 Å². The lowest BCUT2D eigenvalue weighted by atomic mass is 10.2. The summed E-state index contributed by atoms with van der Waals surface area (Å²) in [5.41, 5.74) is 0.740.